The van der Waals surface area contributed by atoms with Crippen LogP contribution >= 0.6 is 12.2 Å². The molecule has 0 aliphatic carbocycles. The SMILES string of the molecule is COCCNC(=S)Nc1ccc(C)c(S(=O)(=O)Nc2ccc(OC)cc2)c1. The Labute approximate surface area is 165 Å². The van der Waals surface area contributed by atoms with E-state index in [9.17, 15) is 8.42 Å². The Morgan fingerprint density at radius 2 is 1.74 bits per heavy atom. The minimum Gasteiger partial charge on any atom is -0.497 e. The van der Waals surface area contributed by atoms with Crippen molar-refractivity contribution >= 4 is 38.7 Å². The smallest absolute Gasteiger partial charge is 0.262 e. The van der Waals surface area contributed by atoms with E-state index in [1.165, 1.54) is 0 Å². The fourth-order valence-electron chi connectivity index (χ4n) is 2.28. The van der Waals surface area contributed by atoms with Gasteiger partial charge in [-0.15, -0.1) is 0 Å². The summed E-state index contributed by atoms with van der Waals surface area (Å²) >= 11 is 5.19. The van der Waals surface area contributed by atoms with Crippen molar-refractivity contribution in [3.05, 3.63) is 48.0 Å². The predicted octanol–water partition coefficient (Wildman–Crippen LogP) is 2.74. The van der Waals surface area contributed by atoms with E-state index >= 15 is 0 Å². The lowest BCUT2D eigenvalue weighted by Crippen LogP contribution is -2.31. The number of ether oxygens (including phenoxy) is 2. The quantitative estimate of drug-likeness (QED) is 0.456. The molecule has 2 aromatic rings. The first-order chi connectivity index (χ1) is 12.9. The summed E-state index contributed by atoms with van der Waals surface area (Å²) in [5.74, 6) is 0.648. The number of aryl methyl sites for hydroxylation is 1. The number of methoxy groups -OCH3 is 2. The number of thiocarbonyl (C=S) groups is 1. The van der Waals surface area contributed by atoms with Gasteiger partial charge in [0.1, 0.15) is 5.75 Å². The molecular weight excluding hydrogens is 386 g/mol. The fourth-order valence-corrected chi connectivity index (χ4v) is 3.83. The van der Waals surface area contributed by atoms with Crippen molar-refractivity contribution in [3.63, 3.8) is 0 Å². The summed E-state index contributed by atoms with van der Waals surface area (Å²) in [4.78, 5) is 0.169. The van der Waals surface area contributed by atoms with Gasteiger partial charge in [-0.1, -0.05) is 6.07 Å². The van der Waals surface area contributed by atoms with Crippen LogP contribution in [0.1, 0.15) is 5.56 Å². The molecule has 0 bridgehead atoms. The lowest BCUT2D eigenvalue weighted by atomic mass is 10.2. The zero-order valence-corrected chi connectivity index (χ0v) is 17.0. The summed E-state index contributed by atoms with van der Waals surface area (Å²) < 4.78 is 38.2. The molecule has 2 aromatic carbocycles. The van der Waals surface area contributed by atoms with Crippen molar-refractivity contribution in [3.8, 4) is 5.75 Å². The van der Waals surface area contributed by atoms with Crippen molar-refractivity contribution in [2.24, 2.45) is 0 Å². The maximum Gasteiger partial charge on any atom is 0.262 e. The molecule has 146 valence electrons. The van der Waals surface area contributed by atoms with Gasteiger partial charge in [0.25, 0.3) is 10.0 Å². The Hall–Kier alpha value is -2.36. The molecule has 0 saturated carbocycles. The molecule has 0 spiro atoms. The Balaban J connectivity index is 2.16. The number of rotatable bonds is 8. The molecule has 0 aromatic heterocycles. The van der Waals surface area contributed by atoms with Crippen molar-refractivity contribution in [2.45, 2.75) is 11.8 Å². The number of hydrogen-bond donors (Lipinski definition) is 3. The molecule has 0 fully saturated rings. The monoisotopic (exact) mass is 409 g/mol. The highest BCUT2D eigenvalue weighted by atomic mass is 32.2. The van der Waals surface area contributed by atoms with Gasteiger partial charge in [0.15, 0.2) is 5.11 Å². The topological polar surface area (TPSA) is 88.7 Å². The molecule has 9 heteroatoms. The first kappa shape index (κ1) is 20.9. The van der Waals surface area contributed by atoms with E-state index in [1.807, 2.05) is 0 Å². The van der Waals surface area contributed by atoms with Gasteiger partial charge < -0.3 is 20.1 Å². The molecule has 0 aliphatic heterocycles. The zero-order chi connectivity index (χ0) is 19.9. The normalized spacial score (nSPS) is 10.9. The van der Waals surface area contributed by atoms with Gasteiger partial charge in [0.2, 0.25) is 0 Å². The first-order valence-corrected chi connectivity index (χ1v) is 10.1. The van der Waals surface area contributed by atoms with E-state index in [2.05, 4.69) is 15.4 Å². The third-order valence-corrected chi connectivity index (χ3v) is 5.44. The maximum absolute atomic E-state index is 12.8. The molecule has 0 radical (unpaired) electrons. The van der Waals surface area contributed by atoms with Gasteiger partial charge in [0, 0.05) is 25.0 Å². The number of nitrogens with one attached hydrogen (secondary N) is 3. The Bertz CT molecular complexity index is 884. The van der Waals surface area contributed by atoms with E-state index in [-0.39, 0.29) is 4.90 Å². The van der Waals surface area contributed by atoms with Crippen molar-refractivity contribution in [1.82, 2.24) is 5.32 Å². The summed E-state index contributed by atoms with van der Waals surface area (Å²) in [6.45, 7) is 2.81. The minimum atomic E-state index is -3.76. The average Bonchev–Trinajstić information content (AvgIpc) is 2.64. The third kappa shape index (κ3) is 6.09. The van der Waals surface area contributed by atoms with E-state index in [0.29, 0.717) is 41.0 Å². The van der Waals surface area contributed by atoms with Gasteiger partial charge in [0.05, 0.1) is 18.6 Å². The van der Waals surface area contributed by atoms with Crippen molar-refractivity contribution in [2.75, 3.05) is 37.4 Å². The van der Waals surface area contributed by atoms with Crippen LogP contribution in [0.5, 0.6) is 5.75 Å². The predicted molar refractivity (Wildman–Crippen MR) is 111 cm³/mol. The van der Waals surface area contributed by atoms with Crippen LogP contribution in [0.25, 0.3) is 0 Å². The Morgan fingerprint density at radius 3 is 2.37 bits per heavy atom. The van der Waals surface area contributed by atoms with Crippen LogP contribution < -0.4 is 20.1 Å². The zero-order valence-electron chi connectivity index (χ0n) is 15.4. The molecule has 3 N–H and O–H groups in total. The summed E-state index contributed by atoms with van der Waals surface area (Å²) in [5.41, 5.74) is 1.65. The summed E-state index contributed by atoms with van der Waals surface area (Å²) in [5, 5.41) is 6.34. The first-order valence-electron chi connectivity index (χ1n) is 8.17. The molecule has 0 atom stereocenters. The molecule has 0 aliphatic rings. The summed E-state index contributed by atoms with van der Waals surface area (Å²) in [6.07, 6.45) is 0. The average molecular weight is 410 g/mol. The molecule has 27 heavy (non-hydrogen) atoms. The lowest BCUT2D eigenvalue weighted by Gasteiger charge is -2.14. The lowest BCUT2D eigenvalue weighted by molar-refractivity contribution is 0.204. The number of sulfonamides is 1. The molecule has 2 rings (SSSR count). The van der Waals surface area contributed by atoms with E-state index in [0.717, 1.165) is 0 Å². The number of hydrogen-bond acceptors (Lipinski definition) is 5. The van der Waals surface area contributed by atoms with Crippen LogP contribution in [0.2, 0.25) is 0 Å². The Morgan fingerprint density at radius 1 is 1.07 bits per heavy atom. The third-order valence-electron chi connectivity index (χ3n) is 3.67. The summed E-state index contributed by atoms with van der Waals surface area (Å²) in [7, 11) is -0.604. The highest BCUT2D eigenvalue weighted by molar-refractivity contribution is 7.92. The number of benzene rings is 2. The van der Waals surface area contributed by atoms with E-state index in [4.69, 9.17) is 21.7 Å². The van der Waals surface area contributed by atoms with Gasteiger partial charge in [-0.05, 0) is 61.1 Å². The highest BCUT2D eigenvalue weighted by Crippen LogP contribution is 2.24. The van der Waals surface area contributed by atoms with Crippen molar-refractivity contribution < 1.29 is 17.9 Å². The van der Waals surface area contributed by atoms with Crippen LogP contribution in [0.4, 0.5) is 11.4 Å². The van der Waals surface area contributed by atoms with E-state index < -0.39 is 10.0 Å². The van der Waals surface area contributed by atoms with Crippen LogP contribution in [0.15, 0.2) is 47.4 Å². The van der Waals surface area contributed by atoms with Gasteiger partial charge >= 0.3 is 0 Å². The highest BCUT2D eigenvalue weighted by Gasteiger charge is 2.18. The number of anilines is 2. The van der Waals surface area contributed by atoms with Crippen LogP contribution in [-0.2, 0) is 14.8 Å². The molecule has 7 nitrogen and oxygen atoms in total. The molecule has 0 unspecified atom stereocenters. The van der Waals surface area contributed by atoms with Crippen LogP contribution in [-0.4, -0.2) is 40.9 Å². The fraction of sp³-hybridized carbons (Fsp3) is 0.278. The van der Waals surface area contributed by atoms with Gasteiger partial charge in [-0.25, -0.2) is 8.42 Å². The van der Waals surface area contributed by atoms with Crippen molar-refractivity contribution in [1.29, 1.82) is 0 Å². The molecule has 0 amide bonds. The molecular formula is C18H23N3O4S2. The second-order valence-corrected chi connectivity index (χ2v) is 7.75. The summed E-state index contributed by atoms with van der Waals surface area (Å²) in [6, 6.07) is 11.7. The Kier molecular flexibility index (Phi) is 7.40. The molecule has 0 saturated heterocycles. The van der Waals surface area contributed by atoms with E-state index in [1.54, 1.807) is 63.6 Å². The standard InChI is InChI=1S/C18H23N3O4S2/c1-13-4-5-15(20-18(26)19-10-11-24-2)12-17(13)27(22,23)21-14-6-8-16(25-3)9-7-14/h4-9,12,21H,10-11H2,1-3H3,(H2,19,20,26). The largest absolute Gasteiger partial charge is 0.497 e. The second kappa shape index (κ2) is 9.54. The van der Waals surface area contributed by atoms with Gasteiger partial charge in [-0.2, -0.15) is 0 Å². The second-order valence-electron chi connectivity index (χ2n) is 5.69. The maximum atomic E-state index is 12.8. The van der Waals surface area contributed by atoms with Crippen LogP contribution in [0, 0.1) is 6.92 Å². The van der Waals surface area contributed by atoms with Crippen LogP contribution in [0.3, 0.4) is 0 Å². The van der Waals surface area contributed by atoms with Gasteiger partial charge in [-0.3, -0.25) is 4.72 Å². The molecule has 0 heterocycles. The minimum absolute atomic E-state index is 0.169.